The molecule has 1 aliphatic carbocycles. The largest absolute Gasteiger partial charge is 0.343 e. The van der Waals surface area contributed by atoms with Gasteiger partial charge in [0.25, 0.3) is 11.5 Å². The van der Waals surface area contributed by atoms with E-state index in [1.165, 1.54) is 4.57 Å². The summed E-state index contributed by atoms with van der Waals surface area (Å²) in [7, 11) is 0. The number of hydrogen-bond donors (Lipinski definition) is 1. The first kappa shape index (κ1) is 32.5. The Labute approximate surface area is 283 Å². The summed E-state index contributed by atoms with van der Waals surface area (Å²) in [5.74, 6) is 0.629. The van der Waals surface area contributed by atoms with Crippen molar-refractivity contribution in [3.63, 3.8) is 0 Å². The predicted octanol–water partition coefficient (Wildman–Crippen LogP) is 3.37. The number of fused-ring (bicyclic) bond motifs is 2. The van der Waals surface area contributed by atoms with E-state index in [1.54, 1.807) is 33.6 Å². The quantitative estimate of drug-likeness (QED) is 0.273. The summed E-state index contributed by atoms with van der Waals surface area (Å²) in [4.78, 5) is 83.5. The highest BCUT2D eigenvalue weighted by Crippen LogP contribution is 2.35. The van der Waals surface area contributed by atoms with Crippen LogP contribution >= 0.6 is 0 Å². The van der Waals surface area contributed by atoms with Crippen molar-refractivity contribution >= 4 is 34.7 Å². The molecule has 1 N–H and O–H groups in total. The number of piperidine rings is 1. The van der Waals surface area contributed by atoms with Gasteiger partial charge < -0.3 is 14.8 Å². The second kappa shape index (κ2) is 13.4. The fraction of sp³-hybridized carbons (Fsp3) is 0.472. The lowest BCUT2D eigenvalue weighted by atomic mass is 9.95. The highest BCUT2D eigenvalue weighted by atomic mass is 16.2. The number of benzene rings is 1. The summed E-state index contributed by atoms with van der Waals surface area (Å²) in [6.45, 7) is 6.40. The molecule has 0 bridgehead atoms. The Bertz CT molecular complexity index is 2020. The number of nitrogens with one attached hydrogen (secondary N) is 1. The van der Waals surface area contributed by atoms with Gasteiger partial charge in [0.15, 0.2) is 5.65 Å². The molecule has 0 atom stereocenters. The number of anilines is 1. The normalized spacial score (nSPS) is 16.7. The lowest BCUT2D eigenvalue weighted by molar-refractivity contribution is -0.133. The second-order valence-electron chi connectivity index (χ2n) is 13.4. The van der Waals surface area contributed by atoms with Gasteiger partial charge in [0.1, 0.15) is 17.2 Å². The van der Waals surface area contributed by atoms with E-state index >= 15 is 0 Å². The molecule has 2 fully saturated rings. The molecule has 0 radical (unpaired) electrons. The van der Waals surface area contributed by atoms with Crippen LogP contribution in [0.25, 0.3) is 22.6 Å². The number of H-pyrrole nitrogens is 1. The smallest absolute Gasteiger partial charge is 0.332 e. The van der Waals surface area contributed by atoms with Gasteiger partial charge in [-0.05, 0) is 68.7 Å². The number of pyridine rings is 1. The third-order valence-corrected chi connectivity index (χ3v) is 10.0. The monoisotopic (exact) mass is 666 g/mol. The van der Waals surface area contributed by atoms with Gasteiger partial charge in [-0.1, -0.05) is 25.1 Å². The van der Waals surface area contributed by atoms with Crippen molar-refractivity contribution in [1.82, 2.24) is 33.9 Å². The van der Waals surface area contributed by atoms with Crippen LogP contribution in [0.3, 0.4) is 0 Å². The van der Waals surface area contributed by atoms with Crippen molar-refractivity contribution < 1.29 is 14.4 Å². The van der Waals surface area contributed by atoms with Gasteiger partial charge in [-0.25, -0.2) is 14.8 Å². The van der Waals surface area contributed by atoms with Gasteiger partial charge in [0.05, 0.1) is 0 Å². The summed E-state index contributed by atoms with van der Waals surface area (Å²) in [6, 6.07) is 11.3. The van der Waals surface area contributed by atoms with Crippen molar-refractivity contribution in [2.24, 2.45) is 5.92 Å². The lowest BCUT2D eigenvalue weighted by Crippen LogP contribution is -2.45. The molecule has 13 heteroatoms. The summed E-state index contributed by atoms with van der Waals surface area (Å²) < 4.78 is 2.92. The molecule has 13 nitrogen and oxygen atoms in total. The maximum Gasteiger partial charge on any atom is 0.332 e. The number of nitrogens with zero attached hydrogens (tertiary/aromatic N) is 7. The third kappa shape index (κ3) is 6.29. The van der Waals surface area contributed by atoms with E-state index in [4.69, 9.17) is 9.97 Å². The minimum Gasteiger partial charge on any atom is -0.343 e. The molecule has 0 spiro atoms. The standard InChI is InChI=1S/C36H42N8O5/c1-3-16-43-35(48)30-32(44(36(43)49)27-10-11-27)39-31(38-30)26-9-12-29(37-22-26)42(33(46)25-14-19-40(20-15-25)23(2)45)18-6-17-41-21-13-24-7-4-5-8-28(24)34(41)47/h4-5,7-9,12,22,25,27H,3,6,10-11,13-21H2,1-2H3,(H,38,39). The lowest BCUT2D eigenvalue weighted by Gasteiger charge is -2.34. The topological polar surface area (TPSA) is 146 Å². The molecule has 1 aromatic carbocycles. The van der Waals surface area contributed by atoms with Crippen LogP contribution in [-0.4, -0.2) is 84.3 Å². The number of aromatic amines is 1. The molecule has 5 heterocycles. The third-order valence-electron chi connectivity index (χ3n) is 10.0. The van der Waals surface area contributed by atoms with E-state index in [2.05, 4.69) is 4.98 Å². The van der Waals surface area contributed by atoms with Crippen molar-refractivity contribution in [2.45, 2.75) is 71.4 Å². The molecule has 1 saturated carbocycles. The van der Waals surface area contributed by atoms with E-state index < -0.39 is 0 Å². The summed E-state index contributed by atoms with van der Waals surface area (Å²) >= 11 is 0. The summed E-state index contributed by atoms with van der Waals surface area (Å²) in [6.07, 6.45) is 6.54. The Morgan fingerprint density at radius 2 is 1.76 bits per heavy atom. The van der Waals surface area contributed by atoms with E-state index in [0.717, 1.165) is 30.4 Å². The zero-order valence-corrected chi connectivity index (χ0v) is 28.1. The SMILES string of the molecule is CCCn1c(=O)c2[nH]c(-c3ccc(N(CCCN4CCc5ccccc5C4=O)C(=O)C4CCN(C(C)=O)CC4)nc3)nc2n(C2CC2)c1=O. The number of amides is 3. The minimum absolute atomic E-state index is 0.0109. The summed E-state index contributed by atoms with van der Waals surface area (Å²) in [5, 5.41) is 0. The number of hydrogen-bond acceptors (Lipinski definition) is 7. The average Bonchev–Trinajstić information content (AvgIpc) is 3.86. The van der Waals surface area contributed by atoms with Crippen LogP contribution in [0.2, 0.25) is 0 Å². The number of carbonyl (C=O) groups excluding carboxylic acids is 3. The molecule has 256 valence electrons. The number of imidazole rings is 1. The highest BCUT2D eigenvalue weighted by Gasteiger charge is 2.32. The van der Waals surface area contributed by atoms with Crippen molar-refractivity contribution in [2.75, 3.05) is 37.6 Å². The first-order valence-corrected chi connectivity index (χ1v) is 17.4. The molecule has 0 unspecified atom stereocenters. The minimum atomic E-state index is -0.384. The maximum atomic E-state index is 14.0. The zero-order valence-electron chi connectivity index (χ0n) is 28.1. The Balaban J connectivity index is 1.14. The Kier molecular flexibility index (Phi) is 8.91. The number of carbonyl (C=O) groups is 3. The second-order valence-corrected chi connectivity index (χ2v) is 13.4. The number of aromatic nitrogens is 5. The van der Waals surface area contributed by atoms with Gasteiger partial charge in [-0.2, -0.15) is 0 Å². The maximum absolute atomic E-state index is 14.0. The first-order chi connectivity index (χ1) is 23.7. The van der Waals surface area contributed by atoms with Gasteiger partial charge in [-0.3, -0.25) is 33.2 Å². The number of likely N-dealkylation sites (tertiary alicyclic amines) is 1. The zero-order chi connectivity index (χ0) is 34.2. The van der Waals surface area contributed by atoms with Crippen LogP contribution in [0.1, 0.15) is 74.3 Å². The van der Waals surface area contributed by atoms with E-state index in [9.17, 15) is 24.0 Å². The molecule has 1 saturated heterocycles. The Morgan fingerprint density at radius 3 is 2.45 bits per heavy atom. The molecular formula is C36H42N8O5. The molecule has 4 aromatic rings. The predicted molar refractivity (Wildman–Crippen MR) is 184 cm³/mol. The van der Waals surface area contributed by atoms with Crippen LogP contribution in [0.15, 0.2) is 52.2 Å². The van der Waals surface area contributed by atoms with Gasteiger partial charge in [-0.15, -0.1) is 0 Å². The van der Waals surface area contributed by atoms with E-state index in [0.29, 0.717) is 93.3 Å². The first-order valence-electron chi connectivity index (χ1n) is 17.4. The van der Waals surface area contributed by atoms with Crippen LogP contribution in [0.5, 0.6) is 0 Å². The van der Waals surface area contributed by atoms with Crippen molar-refractivity contribution in [1.29, 1.82) is 0 Å². The Morgan fingerprint density at radius 1 is 0.980 bits per heavy atom. The van der Waals surface area contributed by atoms with Crippen LogP contribution in [-0.2, 0) is 22.6 Å². The van der Waals surface area contributed by atoms with Crippen LogP contribution in [0.4, 0.5) is 5.82 Å². The van der Waals surface area contributed by atoms with Crippen molar-refractivity contribution in [3.8, 4) is 11.4 Å². The highest BCUT2D eigenvalue weighted by molar-refractivity contribution is 5.97. The molecule has 49 heavy (non-hydrogen) atoms. The molecule has 3 amide bonds. The Hall–Kier alpha value is -5.07. The van der Waals surface area contributed by atoms with E-state index in [1.807, 2.05) is 42.2 Å². The summed E-state index contributed by atoms with van der Waals surface area (Å²) in [5.41, 5.74) is 2.36. The fourth-order valence-corrected chi connectivity index (χ4v) is 7.14. The van der Waals surface area contributed by atoms with Crippen LogP contribution in [0, 0.1) is 5.92 Å². The molecule has 3 aliphatic rings. The van der Waals surface area contributed by atoms with E-state index in [-0.39, 0.29) is 40.9 Å². The van der Waals surface area contributed by atoms with Gasteiger partial charge >= 0.3 is 5.69 Å². The number of rotatable bonds is 10. The van der Waals surface area contributed by atoms with Crippen molar-refractivity contribution in [3.05, 3.63) is 74.6 Å². The van der Waals surface area contributed by atoms with Gasteiger partial charge in [0.2, 0.25) is 11.8 Å². The van der Waals surface area contributed by atoms with Crippen LogP contribution < -0.4 is 16.1 Å². The molecular weight excluding hydrogens is 624 g/mol. The molecule has 7 rings (SSSR count). The molecule has 3 aromatic heterocycles. The fourth-order valence-electron chi connectivity index (χ4n) is 7.14. The molecule has 2 aliphatic heterocycles. The van der Waals surface area contributed by atoms with Gasteiger partial charge in [0, 0.05) is 75.5 Å². The average molecular weight is 667 g/mol.